The van der Waals surface area contributed by atoms with E-state index >= 15 is 0 Å². The number of nitrogens with zero attached hydrogens (tertiary/aromatic N) is 2. The van der Waals surface area contributed by atoms with E-state index < -0.39 is 0 Å². The van der Waals surface area contributed by atoms with Crippen LogP contribution in [0.2, 0.25) is 0 Å². The summed E-state index contributed by atoms with van der Waals surface area (Å²) in [6.07, 6.45) is 0. The van der Waals surface area contributed by atoms with Crippen molar-refractivity contribution in [2.45, 2.75) is 6.54 Å². The predicted octanol–water partition coefficient (Wildman–Crippen LogP) is 2.87. The summed E-state index contributed by atoms with van der Waals surface area (Å²) in [5, 5.41) is 11.1. The lowest BCUT2D eigenvalue weighted by Crippen LogP contribution is -2.34. The molecule has 3 nitrogen and oxygen atoms in total. The van der Waals surface area contributed by atoms with Crippen LogP contribution in [0.3, 0.4) is 0 Å². The van der Waals surface area contributed by atoms with Crippen molar-refractivity contribution in [3.8, 4) is 6.07 Å². The normalized spacial score (nSPS) is 9.72. The lowest BCUT2D eigenvalue weighted by atomic mass is 10.2. The molecule has 0 aliphatic carbocycles. The van der Waals surface area contributed by atoms with Crippen LogP contribution >= 0.6 is 23.6 Å². The Morgan fingerprint density at radius 2 is 2.06 bits per heavy atom. The Morgan fingerprint density at radius 1 is 1.33 bits per heavy atom. The van der Waals surface area contributed by atoms with E-state index in [9.17, 15) is 0 Å². The van der Waals surface area contributed by atoms with Gasteiger partial charge in [-0.2, -0.15) is 5.26 Å². The number of nitriles is 1. The molecule has 0 aliphatic heterocycles. The molecular weight excluding hydrogens is 262 g/mol. The average molecular weight is 273 g/mol. The van der Waals surface area contributed by atoms with Gasteiger partial charge in [0.2, 0.25) is 0 Å². The van der Waals surface area contributed by atoms with Crippen molar-refractivity contribution in [3.63, 3.8) is 0 Å². The molecule has 0 bridgehead atoms. The summed E-state index contributed by atoms with van der Waals surface area (Å²) in [6, 6.07) is 13.3. The Balaban J connectivity index is 2.24. The Hall–Kier alpha value is -1.90. The van der Waals surface area contributed by atoms with Crippen molar-refractivity contribution in [1.29, 1.82) is 5.26 Å². The first-order chi connectivity index (χ1) is 8.70. The summed E-state index contributed by atoms with van der Waals surface area (Å²) in [4.78, 5) is 3.04. The molecule has 18 heavy (non-hydrogen) atoms. The third-order valence-electron chi connectivity index (χ3n) is 2.47. The van der Waals surface area contributed by atoms with Gasteiger partial charge >= 0.3 is 0 Å². The Labute approximate surface area is 115 Å². The van der Waals surface area contributed by atoms with Gasteiger partial charge in [0.15, 0.2) is 5.11 Å². The molecule has 0 amide bonds. The second kappa shape index (κ2) is 5.63. The van der Waals surface area contributed by atoms with E-state index in [1.54, 1.807) is 23.5 Å². The second-order valence-electron chi connectivity index (χ2n) is 3.66. The fraction of sp³-hybridized carbons (Fsp3) is 0.0769. The molecule has 0 fully saturated rings. The minimum absolute atomic E-state index is 0.327. The van der Waals surface area contributed by atoms with Gasteiger partial charge in [0.1, 0.15) is 0 Å². The third-order valence-corrected chi connectivity index (χ3v) is 3.55. The van der Waals surface area contributed by atoms with Crippen LogP contribution in [0.4, 0.5) is 5.69 Å². The van der Waals surface area contributed by atoms with Crippen molar-refractivity contribution in [2.75, 3.05) is 4.90 Å². The van der Waals surface area contributed by atoms with E-state index in [1.165, 1.54) is 4.88 Å². The molecule has 2 rings (SSSR count). The van der Waals surface area contributed by atoms with Crippen LogP contribution in [0.15, 0.2) is 41.8 Å². The van der Waals surface area contributed by atoms with Gasteiger partial charge in [0.05, 0.1) is 18.2 Å². The van der Waals surface area contributed by atoms with Crippen molar-refractivity contribution in [3.05, 3.63) is 52.2 Å². The summed E-state index contributed by atoms with van der Waals surface area (Å²) in [7, 11) is 0. The zero-order valence-corrected chi connectivity index (χ0v) is 11.2. The van der Waals surface area contributed by atoms with Crippen molar-refractivity contribution >= 4 is 34.4 Å². The predicted molar refractivity (Wildman–Crippen MR) is 78.4 cm³/mol. The maximum atomic E-state index is 8.77. The number of nitrogens with two attached hydrogens (primary N) is 1. The topological polar surface area (TPSA) is 53.0 Å². The van der Waals surface area contributed by atoms with Crippen molar-refractivity contribution in [1.82, 2.24) is 0 Å². The molecule has 0 spiro atoms. The van der Waals surface area contributed by atoms with Gasteiger partial charge in [-0.25, -0.2) is 0 Å². The molecule has 0 saturated heterocycles. The summed E-state index contributed by atoms with van der Waals surface area (Å²) >= 11 is 6.74. The van der Waals surface area contributed by atoms with Crippen LogP contribution in [0.1, 0.15) is 10.4 Å². The number of thiophene rings is 1. The van der Waals surface area contributed by atoms with Gasteiger partial charge in [-0.1, -0.05) is 6.07 Å². The molecule has 0 atom stereocenters. The zero-order chi connectivity index (χ0) is 13.0. The molecule has 5 heteroatoms. The second-order valence-corrected chi connectivity index (χ2v) is 5.11. The van der Waals surface area contributed by atoms with Crippen LogP contribution < -0.4 is 10.6 Å². The van der Waals surface area contributed by atoms with E-state index in [-0.39, 0.29) is 0 Å². The molecular formula is C13H11N3S2. The maximum absolute atomic E-state index is 8.77. The molecule has 2 aromatic rings. The number of hydrogen-bond acceptors (Lipinski definition) is 3. The van der Waals surface area contributed by atoms with Crippen molar-refractivity contribution < 1.29 is 0 Å². The summed E-state index contributed by atoms with van der Waals surface area (Å²) in [6.45, 7) is 0.652. The van der Waals surface area contributed by atoms with Gasteiger partial charge in [0.25, 0.3) is 0 Å². The number of thiocarbonyl (C=S) groups is 1. The molecule has 0 radical (unpaired) electrons. The Morgan fingerprint density at radius 3 is 2.56 bits per heavy atom. The lowest BCUT2D eigenvalue weighted by molar-refractivity contribution is 1.03. The highest BCUT2D eigenvalue weighted by molar-refractivity contribution is 7.80. The molecule has 1 heterocycles. The molecule has 2 N–H and O–H groups in total. The van der Waals surface area contributed by atoms with E-state index in [2.05, 4.69) is 6.07 Å². The van der Waals surface area contributed by atoms with Gasteiger partial charge in [-0.05, 0) is 47.9 Å². The van der Waals surface area contributed by atoms with Crippen LogP contribution in [0, 0.1) is 11.3 Å². The van der Waals surface area contributed by atoms with Gasteiger partial charge in [0, 0.05) is 10.6 Å². The van der Waals surface area contributed by atoms with Gasteiger partial charge in [-0.3, -0.25) is 0 Å². The van der Waals surface area contributed by atoms with Crippen LogP contribution in [0.25, 0.3) is 0 Å². The molecule has 90 valence electrons. The monoisotopic (exact) mass is 273 g/mol. The van der Waals surface area contributed by atoms with Crippen LogP contribution in [0.5, 0.6) is 0 Å². The first kappa shape index (κ1) is 12.6. The highest BCUT2D eigenvalue weighted by Gasteiger charge is 2.10. The van der Waals surface area contributed by atoms with Crippen LogP contribution in [-0.4, -0.2) is 5.11 Å². The summed E-state index contributed by atoms with van der Waals surface area (Å²) in [5.41, 5.74) is 7.27. The third kappa shape index (κ3) is 2.86. The minimum Gasteiger partial charge on any atom is -0.376 e. The maximum Gasteiger partial charge on any atom is 0.171 e. The fourth-order valence-electron chi connectivity index (χ4n) is 1.57. The molecule has 1 aromatic carbocycles. The fourth-order valence-corrected chi connectivity index (χ4v) is 2.43. The first-order valence-corrected chi connectivity index (χ1v) is 6.59. The lowest BCUT2D eigenvalue weighted by Gasteiger charge is -2.22. The quantitative estimate of drug-likeness (QED) is 0.874. The van der Waals surface area contributed by atoms with Gasteiger partial charge < -0.3 is 10.6 Å². The van der Waals surface area contributed by atoms with Crippen molar-refractivity contribution in [2.24, 2.45) is 5.73 Å². The highest BCUT2D eigenvalue weighted by atomic mass is 32.1. The summed E-state index contributed by atoms with van der Waals surface area (Å²) < 4.78 is 0. The minimum atomic E-state index is 0.327. The number of anilines is 1. The van der Waals surface area contributed by atoms with E-state index in [4.69, 9.17) is 23.2 Å². The number of rotatable bonds is 3. The summed E-state index contributed by atoms with van der Waals surface area (Å²) in [5.74, 6) is 0. The van der Waals surface area contributed by atoms with Gasteiger partial charge in [-0.15, -0.1) is 11.3 Å². The molecule has 0 aliphatic rings. The highest BCUT2D eigenvalue weighted by Crippen LogP contribution is 2.20. The smallest absolute Gasteiger partial charge is 0.171 e. The van der Waals surface area contributed by atoms with E-state index in [0.717, 1.165) is 5.69 Å². The zero-order valence-electron chi connectivity index (χ0n) is 9.54. The van der Waals surface area contributed by atoms with E-state index in [0.29, 0.717) is 17.2 Å². The molecule has 0 saturated carbocycles. The first-order valence-electron chi connectivity index (χ1n) is 5.30. The average Bonchev–Trinajstić information content (AvgIpc) is 2.89. The van der Waals surface area contributed by atoms with E-state index in [1.807, 2.05) is 34.5 Å². The number of benzene rings is 1. The largest absolute Gasteiger partial charge is 0.376 e. The SMILES string of the molecule is N#Cc1ccc(N(Cc2cccs2)C(N)=S)cc1. The number of hydrogen-bond donors (Lipinski definition) is 1. The molecule has 0 unspecified atom stereocenters. The van der Waals surface area contributed by atoms with Crippen LogP contribution in [-0.2, 0) is 6.54 Å². The standard InChI is InChI=1S/C13H11N3S2/c14-8-10-3-5-11(6-4-10)16(13(15)17)9-12-2-1-7-18-12/h1-7H,9H2,(H2,15,17). The molecule has 1 aromatic heterocycles. The Kier molecular flexibility index (Phi) is 3.92. The Bertz CT molecular complexity index is 567.